The molecule has 0 aromatic rings. The molecule has 0 bridgehead atoms. The zero-order chi connectivity index (χ0) is 15.0. The lowest BCUT2D eigenvalue weighted by molar-refractivity contribution is -0.145. The molecule has 1 aliphatic rings. The van der Waals surface area contributed by atoms with E-state index in [1.165, 1.54) is 14.0 Å². The number of carbonyl (C=O) groups excluding carboxylic acids is 2. The number of amides is 1. The third-order valence-corrected chi connectivity index (χ3v) is 3.32. The van der Waals surface area contributed by atoms with Crippen molar-refractivity contribution in [3.05, 3.63) is 0 Å². The van der Waals surface area contributed by atoms with Gasteiger partial charge in [0.1, 0.15) is 6.04 Å². The second-order valence-electron chi connectivity index (χ2n) is 5.17. The van der Waals surface area contributed by atoms with Gasteiger partial charge >= 0.3 is 5.97 Å². The van der Waals surface area contributed by atoms with Crippen LogP contribution in [0.2, 0.25) is 0 Å². The Kier molecular flexibility index (Phi) is 7.54. The van der Waals surface area contributed by atoms with Crippen LogP contribution in [0.15, 0.2) is 0 Å². The molecule has 1 amide bonds. The van der Waals surface area contributed by atoms with Gasteiger partial charge in [0, 0.05) is 26.6 Å². The fourth-order valence-corrected chi connectivity index (χ4v) is 2.42. The van der Waals surface area contributed by atoms with Crippen molar-refractivity contribution in [2.45, 2.75) is 45.3 Å². The summed E-state index contributed by atoms with van der Waals surface area (Å²) >= 11 is 0. The van der Waals surface area contributed by atoms with Gasteiger partial charge in [-0.3, -0.25) is 9.69 Å². The van der Waals surface area contributed by atoms with Crippen molar-refractivity contribution in [2.75, 3.05) is 33.4 Å². The zero-order valence-electron chi connectivity index (χ0n) is 12.7. The number of carbonyl (C=O) groups is 2. The average Bonchev–Trinajstić information content (AvgIpc) is 2.43. The molecule has 20 heavy (non-hydrogen) atoms. The third kappa shape index (κ3) is 5.88. The minimum Gasteiger partial charge on any atom is -0.467 e. The first kappa shape index (κ1) is 16.9. The summed E-state index contributed by atoms with van der Waals surface area (Å²) in [4.78, 5) is 25.0. The van der Waals surface area contributed by atoms with E-state index in [0.717, 1.165) is 39.0 Å². The molecule has 1 saturated heterocycles. The van der Waals surface area contributed by atoms with Gasteiger partial charge in [-0.15, -0.1) is 0 Å². The molecule has 0 aliphatic carbocycles. The molecule has 0 aromatic heterocycles. The maximum Gasteiger partial charge on any atom is 0.329 e. The van der Waals surface area contributed by atoms with Crippen LogP contribution in [-0.4, -0.2) is 62.3 Å². The van der Waals surface area contributed by atoms with Gasteiger partial charge in [-0.25, -0.2) is 4.79 Å². The number of piperidine rings is 1. The molecule has 1 rings (SSSR count). The first-order chi connectivity index (χ1) is 9.56. The van der Waals surface area contributed by atoms with E-state index in [0.29, 0.717) is 6.54 Å². The monoisotopic (exact) mass is 286 g/mol. The second kappa shape index (κ2) is 8.92. The normalized spacial score (nSPS) is 21.2. The summed E-state index contributed by atoms with van der Waals surface area (Å²) in [6, 6.07) is -0.609. The molecule has 6 nitrogen and oxygen atoms in total. The topological polar surface area (TPSA) is 67.9 Å². The van der Waals surface area contributed by atoms with Gasteiger partial charge in [0.25, 0.3) is 0 Å². The van der Waals surface area contributed by atoms with E-state index < -0.39 is 12.0 Å². The number of likely N-dealkylation sites (tertiary alicyclic amines) is 1. The predicted molar refractivity (Wildman–Crippen MR) is 75.3 cm³/mol. The molecule has 1 aliphatic heterocycles. The molecule has 1 fully saturated rings. The van der Waals surface area contributed by atoms with Crippen LogP contribution in [0.3, 0.4) is 0 Å². The lowest BCUT2D eigenvalue weighted by Gasteiger charge is -2.34. The molecular formula is C14H26N2O4. The molecule has 0 saturated carbocycles. The summed E-state index contributed by atoms with van der Waals surface area (Å²) < 4.78 is 10.5. The van der Waals surface area contributed by atoms with Crippen LogP contribution < -0.4 is 5.32 Å². The smallest absolute Gasteiger partial charge is 0.329 e. The Hall–Kier alpha value is -1.14. The van der Waals surface area contributed by atoms with E-state index in [9.17, 15) is 9.59 Å². The van der Waals surface area contributed by atoms with Crippen molar-refractivity contribution in [1.82, 2.24) is 10.2 Å². The highest BCUT2D eigenvalue weighted by Gasteiger charge is 2.27. The molecule has 2 unspecified atom stereocenters. The molecule has 0 radical (unpaired) electrons. The molecular weight excluding hydrogens is 260 g/mol. The lowest BCUT2D eigenvalue weighted by Crippen LogP contribution is -2.51. The first-order valence-electron chi connectivity index (χ1n) is 7.25. The number of nitrogens with zero attached hydrogens (tertiary/aromatic N) is 1. The van der Waals surface area contributed by atoms with E-state index in [-0.39, 0.29) is 12.0 Å². The van der Waals surface area contributed by atoms with Crippen LogP contribution in [0, 0.1) is 0 Å². The molecule has 1 heterocycles. The summed E-state index contributed by atoms with van der Waals surface area (Å²) in [7, 11) is 1.33. The zero-order valence-corrected chi connectivity index (χ0v) is 12.7. The molecule has 0 spiro atoms. The fourth-order valence-electron chi connectivity index (χ4n) is 2.42. The number of methoxy groups -OCH3 is 1. The van der Waals surface area contributed by atoms with Gasteiger partial charge in [-0.1, -0.05) is 6.92 Å². The quantitative estimate of drug-likeness (QED) is 0.692. The summed E-state index contributed by atoms with van der Waals surface area (Å²) in [5, 5.41) is 2.64. The van der Waals surface area contributed by atoms with Crippen LogP contribution in [-0.2, 0) is 19.1 Å². The van der Waals surface area contributed by atoms with Gasteiger partial charge in [-0.05, 0) is 25.8 Å². The Bertz CT molecular complexity index is 322. The van der Waals surface area contributed by atoms with Gasteiger partial charge in [0.2, 0.25) is 5.91 Å². The molecule has 1 N–H and O–H groups in total. The summed E-state index contributed by atoms with van der Waals surface area (Å²) in [5.74, 6) is -0.631. The molecule has 6 heteroatoms. The van der Waals surface area contributed by atoms with Crippen molar-refractivity contribution in [3.63, 3.8) is 0 Å². The third-order valence-electron chi connectivity index (χ3n) is 3.32. The van der Waals surface area contributed by atoms with E-state index in [2.05, 4.69) is 17.1 Å². The average molecular weight is 286 g/mol. The number of esters is 1. The van der Waals surface area contributed by atoms with Crippen molar-refractivity contribution >= 4 is 11.9 Å². The summed E-state index contributed by atoms with van der Waals surface area (Å²) in [5.41, 5.74) is 0. The highest BCUT2D eigenvalue weighted by atomic mass is 16.5. The van der Waals surface area contributed by atoms with E-state index in [1.807, 2.05) is 0 Å². The lowest BCUT2D eigenvalue weighted by atomic mass is 10.1. The predicted octanol–water partition coefficient (Wildman–Crippen LogP) is 0.555. The number of hydrogen-bond donors (Lipinski definition) is 1. The minimum absolute atomic E-state index is 0.222. The standard InChI is InChI=1S/C14H26N2O4/c1-4-8-20-12-6-5-7-16(9-12)10-13(14(18)19-3)15-11(2)17/h12-13H,4-10H2,1-3H3,(H,15,17). The van der Waals surface area contributed by atoms with Crippen LogP contribution in [0.5, 0.6) is 0 Å². The Morgan fingerprint density at radius 3 is 2.80 bits per heavy atom. The van der Waals surface area contributed by atoms with Crippen LogP contribution in [0.4, 0.5) is 0 Å². The van der Waals surface area contributed by atoms with Crippen molar-refractivity contribution in [3.8, 4) is 0 Å². The molecule has 2 atom stereocenters. The Morgan fingerprint density at radius 1 is 1.45 bits per heavy atom. The Labute approximate surface area is 120 Å². The van der Waals surface area contributed by atoms with E-state index >= 15 is 0 Å². The first-order valence-corrected chi connectivity index (χ1v) is 7.25. The van der Waals surface area contributed by atoms with Gasteiger partial charge in [0.15, 0.2) is 0 Å². The number of ether oxygens (including phenoxy) is 2. The maximum absolute atomic E-state index is 11.7. The van der Waals surface area contributed by atoms with Crippen LogP contribution in [0.1, 0.15) is 33.1 Å². The van der Waals surface area contributed by atoms with Gasteiger partial charge in [0.05, 0.1) is 13.2 Å². The number of hydrogen-bond acceptors (Lipinski definition) is 5. The Morgan fingerprint density at radius 2 is 2.20 bits per heavy atom. The fraction of sp³-hybridized carbons (Fsp3) is 0.857. The highest BCUT2D eigenvalue weighted by Crippen LogP contribution is 2.14. The molecule has 0 aromatic carbocycles. The van der Waals surface area contributed by atoms with Crippen LogP contribution >= 0.6 is 0 Å². The van der Waals surface area contributed by atoms with E-state index in [4.69, 9.17) is 9.47 Å². The Balaban J connectivity index is 2.49. The second-order valence-corrected chi connectivity index (χ2v) is 5.17. The maximum atomic E-state index is 11.7. The van der Waals surface area contributed by atoms with Crippen molar-refractivity contribution in [1.29, 1.82) is 0 Å². The van der Waals surface area contributed by atoms with Gasteiger partial charge in [-0.2, -0.15) is 0 Å². The SMILES string of the molecule is CCCOC1CCCN(CC(NC(C)=O)C(=O)OC)C1. The highest BCUT2D eigenvalue weighted by molar-refractivity contribution is 5.83. The van der Waals surface area contributed by atoms with Crippen molar-refractivity contribution in [2.24, 2.45) is 0 Å². The number of nitrogens with one attached hydrogen (secondary N) is 1. The van der Waals surface area contributed by atoms with E-state index in [1.54, 1.807) is 0 Å². The number of rotatable bonds is 7. The van der Waals surface area contributed by atoms with Crippen molar-refractivity contribution < 1.29 is 19.1 Å². The summed E-state index contributed by atoms with van der Waals surface area (Å²) in [6.45, 7) is 6.44. The molecule has 116 valence electrons. The largest absolute Gasteiger partial charge is 0.467 e. The van der Waals surface area contributed by atoms with Crippen LogP contribution in [0.25, 0.3) is 0 Å². The minimum atomic E-state index is -0.609. The van der Waals surface area contributed by atoms with Gasteiger partial charge < -0.3 is 14.8 Å². The summed E-state index contributed by atoms with van der Waals surface area (Å²) in [6.07, 6.45) is 3.33.